The molecule has 0 unspecified atom stereocenters. The number of hydrogen-bond donors (Lipinski definition) is 0. The van der Waals surface area contributed by atoms with Crippen molar-refractivity contribution in [3.63, 3.8) is 0 Å². The van der Waals surface area contributed by atoms with Crippen LogP contribution in [-0.2, 0) is 6.42 Å². The lowest BCUT2D eigenvalue weighted by molar-refractivity contribution is 0.317. The first-order valence-electron chi connectivity index (χ1n) is 5.59. The molecule has 1 rings (SSSR count). The fourth-order valence-electron chi connectivity index (χ4n) is 1.36. The molecule has 84 valence electrons. The number of ether oxygens (including phenoxy) is 1. The molecule has 0 aliphatic carbocycles. The summed E-state index contributed by atoms with van der Waals surface area (Å²) in [6.07, 6.45) is 2.14. The molecule has 0 saturated carbocycles. The first kappa shape index (κ1) is 12.1. The minimum Gasteiger partial charge on any atom is -0.494 e. The average molecular weight is 207 g/mol. The molecule has 0 atom stereocenters. The highest BCUT2D eigenvalue weighted by Crippen LogP contribution is 2.14. The summed E-state index contributed by atoms with van der Waals surface area (Å²) in [5, 5.41) is 0. The van der Waals surface area contributed by atoms with E-state index in [1.165, 1.54) is 5.56 Å². The molecule has 0 fully saturated rings. The molecule has 0 amide bonds. The predicted molar refractivity (Wildman–Crippen MR) is 64.5 cm³/mol. The quantitative estimate of drug-likeness (QED) is 0.711. The Morgan fingerprint density at radius 3 is 2.73 bits per heavy atom. The molecule has 1 aromatic rings. The summed E-state index contributed by atoms with van der Waals surface area (Å²) >= 11 is 0. The molecular formula is C13H21NO. The van der Waals surface area contributed by atoms with E-state index in [4.69, 9.17) is 4.74 Å². The van der Waals surface area contributed by atoms with E-state index in [-0.39, 0.29) is 0 Å². The highest BCUT2D eigenvalue weighted by atomic mass is 16.5. The van der Waals surface area contributed by atoms with Crippen molar-refractivity contribution in [2.24, 2.45) is 0 Å². The number of rotatable bonds is 6. The van der Waals surface area contributed by atoms with Crippen LogP contribution in [0.2, 0.25) is 0 Å². The van der Waals surface area contributed by atoms with Crippen molar-refractivity contribution in [2.45, 2.75) is 19.8 Å². The Labute approximate surface area is 92.9 Å². The second-order valence-electron chi connectivity index (χ2n) is 4.05. The SMILES string of the molecule is CCCOc1cccc(CCN(C)C)c1. The smallest absolute Gasteiger partial charge is 0.119 e. The fraction of sp³-hybridized carbons (Fsp3) is 0.538. The maximum Gasteiger partial charge on any atom is 0.119 e. The summed E-state index contributed by atoms with van der Waals surface area (Å²) < 4.78 is 5.59. The Kier molecular flexibility index (Phi) is 5.19. The van der Waals surface area contributed by atoms with Gasteiger partial charge in [0.15, 0.2) is 0 Å². The van der Waals surface area contributed by atoms with Crippen LogP contribution in [0.1, 0.15) is 18.9 Å². The van der Waals surface area contributed by atoms with E-state index in [1.807, 2.05) is 6.07 Å². The van der Waals surface area contributed by atoms with E-state index in [0.29, 0.717) is 0 Å². The molecule has 15 heavy (non-hydrogen) atoms. The van der Waals surface area contributed by atoms with Gasteiger partial charge in [0.2, 0.25) is 0 Å². The van der Waals surface area contributed by atoms with E-state index in [1.54, 1.807) is 0 Å². The van der Waals surface area contributed by atoms with Gasteiger partial charge in [-0.3, -0.25) is 0 Å². The van der Waals surface area contributed by atoms with Crippen LogP contribution >= 0.6 is 0 Å². The van der Waals surface area contributed by atoms with Gasteiger partial charge in [-0.25, -0.2) is 0 Å². The van der Waals surface area contributed by atoms with Gasteiger partial charge in [-0.05, 0) is 44.6 Å². The molecular weight excluding hydrogens is 186 g/mol. The number of likely N-dealkylation sites (N-methyl/N-ethyl adjacent to an activating group) is 1. The van der Waals surface area contributed by atoms with Crippen molar-refractivity contribution in [1.82, 2.24) is 4.90 Å². The molecule has 0 aliphatic heterocycles. The lowest BCUT2D eigenvalue weighted by atomic mass is 10.1. The summed E-state index contributed by atoms with van der Waals surface area (Å²) in [6.45, 7) is 4.00. The molecule has 0 bridgehead atoms. The zero-order chi connectivity index (χ0) is 11.1. The maximum atomic E-state index is 5.59. The van der Waals surface area contributed by atoms with Crippen molar-refractivity contribution in [1.29, 1.82) is 0 Å². The van der Waals surface area contributed by atoms with Gasteiger partial charge < -0.3 is 9.64 Å². The summed E-state index contributed by atoms with van der Waals surface area (Å²) in [6, 6.07) is 8.38. The van der Waals surface area contributed by atoms with Crippen molar-refractivity contribution < 1.29 is 4.74 Å². The Morgan fingerprint density at radius 2 is 2.07 bits per heavy atom. The third kappa shape index (κ3) is 4.84. The molecule has 0 saturated heterocycles. The molecule has 2 nitrogen and oxygen atoms in total. The average Bonchev–Trinajstić information content (AvgIpc) is 2.24. The van der Waals surface area contributed by atoms with E-state index in [9.17, 15) is 0 Å². The van der Waals surface area contributed by atoms with E-state index < -0.39 is 0 Å². The highest BCUT2D eigenvalue weighted by molar-refractivity contribution is 5.28. The Morgan fingerprint density at radius 1 is 1.27 bits per heavy atom. The lowest BCUT2D eigenvalue weighted by Gasteiger charge is -2.10. The second-order valence-corrected chi connectivity index (χ2v) is 4.05. The van der Waals surface area contributed by atoms with Crippen molar-refractivity contribution in [2.75, 3.05) is 27.2 Å². The molecule has 0 aliphatic rings. The van der Waals surface area contributed by atoms with Gasteiger partial charge in [0.05, 0.1) is 6.61 Å². The van der Waals surface area contributed by atoms with Gasteiger partial charge in [-0.15, -0.1) is 0 Å². The lowest BCUT2D eigenvalue weighted by Crippen LogP contribution is -2.15. The number of nitrogens with zero attached hydrogens (tertiary/aromatic N) is 1. The van der Waals surface area contributed by atoms with E-state index >= 15 is 0 Å². The van der Waals surface area contributed by atoms with Crippen LogP contribution in [0.5, 0.6) is 5.75 Å². The van der Waals surface area contributed by atoms with Crippen LogP contribution in [0, 0.1) is 0 Å². The minimum atomic E-state index is 0.803. The van der Waals surface area contributed by atoms with E-state index in [0.717, 1.165) is 31.7 Å². The predicted octanol–water partition coefficient (Wildman–Crippen LogP) is 2.58. The molecule has 0 heterocycles. The Hall–Kier alpha value is -1.02. The van der Waals surface area contributed by atoms with Gasteiger partial charge in [0.1, 0.15) is 5.75 Å². The minimum absolute atomic E-state index is 0.803. The van der Waals surface area contributed by atoms with Crippen molar-refractivity contribution in [3.8, 4) is 5.75 Å². The van der Waals surface area contributed by atoms with Gasteiger partial charge in [0.25, 0.3) is 0 Å². The van der Waals surface area contributed by atoms with Crippen LogP contribution in [-0.4, -0.2) is 32.1 Å². The second kappa shape index (κ2) is 6.46. The van der Waals surface area contributed by atoms with Gasteiger partial charge >= 0.3 is 0 Å². The third-order valence-electron chi connectivity index (χ3n) is 2.22. The first-order valence-corrected chi connectivity index (χ1v) is 5.59. The molecule has 1 aromatic carbocycles. The molecule has 0 N–H and O–H groups in total. The van der Waals surface area contributed by atoms with Crippen LogP contribution < -0.4 is 4.74 Å². The zero-order valence-corrected chi connectivity index (χ0v) is 9.99. The van der Waals surface area contributed by atoms with Gasteiger partial charge in [0, 0.05) is 6.54 Å². The van der Waals surface area contributed by atoms with Crippen LogP contribution in [0.25, 0.3) is 0 Å². The van der Waals surface area contributed by atoms with Crippen molar-refractivity contribution >= 4 is 0 Å². The molecule has 2 heteroatoms. The summed E-state index contributed by atoms with van der Waals surface area (Å²) in [5.74, 6) is 0.994. The number of hydrogen-bond acceptors (Lipinski definition) is 2. The maximum absolute atomic E-state index is 5.59. The summed E-state index contributed by atoms with van der Waals surface area (Å²) in [7, 11) is 4.19. The third-order valence-corrected chi connectivity index (χ3v) is 2.22. The monoisotopic (exact) mass is 207 g/mol. The number of benzene rings is 1. The largest absolute Gasteiger partial charge is 0.494 e. The van der Waals surface area contributed by atoms with Crippen LogP contribution in [0.4, 0.5) is 0 Å². The normalized spacial score (nSPS) is 10.7. The molecule has 0 radical (unpaired) electrons. The zero-order valence-electron chi connectivity index (χ0n) is 9.99. The highest BCUT2D eigenvalue weighted by Gasteiger charge is 1.97. The standard InChI is InChI=1S/C13H21NO/c1-4-10-15-13-7-5-6-12(11-13)8-9-14(2)3/h5-7,11H,4,8-10H2,1-3H3. The van der Waals surface area contributed by atoms with Gasteiger partial charge in [-0.2, -0.15) is 0 Å². The molecule has 0 aromatic heterocycles. The first-order chi connectivity index (χ1) is 7.22. The Balaban J connectivity index is 2.50. The topological polar surface area (TPSA) is 12.5 Å². The van der Waals surface area contributed by atoms with Crippen LogP contribution in [0.15, 0.2) is 24.3 Å². The van der Waals surface area contributed by atoms with E-state index in [2.05, 4.69) is 44.1 Å². The molecule has 0 spiro atoms. The summed E-state index contributed by atoms with van der Waals surface area (Å²) in [5.41, 5.74) is 1.34. The summed E-state index contributed by atoms with van der Waals surface area (Å²) in [4.78, 5) is 2.19. The van der Waals surface area contributed by atoms with Crippen LogP contribution in [0.3, 0.4) is 0 Å². The van der Waals surface area contributed by atoms with Crippen molar-refractivity contribution in [3.05, 3.63) is 29.8 Å². The Bertz CT molecular complexity index is 284. The van der Waals surface area contributed by atoms with Gasteiger partial charge in [-0.1, -0.05) is 19.1 Å². The fourth-order valence-corrected chi connectivity index (χ4v) is 1.36.